The first-order valence-corrected chi connectivity index (χ1v) is 13.2. The number of H-pyrrole nitrogens is 1. The maximum Gasteiger partial charge on any atom is 0.262 e. The van der Waals surface area contributed by atoms with Crippen LogP contribution < -0.4 is 5.56 Å². The molecule has 4 heterocycles. The van der Waals surface area contributed by atoms with Gasteiger partial charge in [0.15, 0.2) is 0 Å². The molecule has 7 nitrogen and oxygen atoms in total. The highest BCUT2D eigenvalue weighted by atomic mass is 16.1. The van der Waals surface area contributed by atoms with Crippen LogP contribution in [0.25, 0.3) is 21.8 Å². The summed E-state index contributed by atoms with van der Waals surface area (Å²) >= 11 is 0. The minimum absolute atomic E-state index is 0.0549. The number of rotatable bonds is 8. The average molecular weight is 493 g/mol. The van der Waals surface area contributed by atoms with Gasteiger partial charge in [-0.25, -0.2) is 0 Å². The fraction of sp³-hybridized carbons (Fsp3) is 0.333. The number of hydrogen-bond acceptors (Lipinski definition) is 5. The number of aromatic amines is 1. The highest BCUT2D eigenvalue weighted by molar-refractivity contribution is 6.04. The van der Waals surface area contributed by atoms with Crippen molar-refractivity contribution in [2.24, 2.45) is 0 Å². The Morgan fingerprint density at radius 1 is 0.919 bits per heavy atom. The molecule has 0 bridgehead atoms. The van der Waals surface area contributed by atoms with E-state index in [1.165, 1.54) is 35.1 Å². The highest BCUT2D eigenvalue weighted by Gasteiger charge is 2.19. The quantitative estimate of drug-likeness (QED) is 0.332. The van der Waals surface area contributed by atoms with Crippen molar-refractivity contribution in [3.8, 4) is 0 Å². The van der Waals surface area contributed by atoms with Gasteiger partial charge in [-0.3, -0.25) is 24.8 Å². The number of fused-ring (bicyclic) bond motifs is 4. The van der Waals surface area contributed by atoms with Gasteiger partial charge in [0.1, 0.15) is 5.52 Å². The highest BCUT2D eigenvalue weighted by Crippen LogP contribution is 2.30. The molecule has 5 aromatic rings. The summed E-state index contributed by atoms with van der Waals surface area (Å²) < 4.78 is 1.99. The fourth-order valence-electron chi connectivity index (χ4n) is 5.70. The van der Waals surface area contributed by atoms with Crippen LogP contribution in [-0.2, 0) is 32.5 Å². The second-order valence-corrected chi connectivity index (χ2v) is 10.1. The number of pyridine rings is 3. The van der Waals surface area contributed by atoms with Gasteiger partial charge in [0.05, 0.1) is 10.9 Å². The van der Waals surface area contributed by atoms with E-state index in [2.05, 4.69) is 61.5 Å². The van der Waals surface area contributed by atoms with Crippen molar-refractivity contribution in [3.05, 3.63) is 99.5 Å². The summed E-state index contributed by atoms with van der Waals surface area (Å²) in [6.07, 6.45) is 12.9. The predicted molar refractivity (Wildman–Crippen MR) is 146 cm³/mol. The zero-order valence-electron chi connectivity index (χ0n) is 21.3. The van der Waals surface area contributed by atoms with Crippen LogP contribution in [0.5, 0.6) is 0 Å². The molecular weight excluding hydrogens is 460 g/mol. The van der Waals surface area contributed by atoms with E-state index >= 15 is 0 Å². The van der Waals surface area contributed by atoms with Gasteiger partial charge in [-0.2, -0.15) is 5.10 Å². The molecule has 0 amide bonds. The smallest absolute Gasteiger partial charge is 0.262 e. The summed E-state index contributed by atoms with van der Waals surface area (Å²) in [6, 6.07) is 12.8. The van der Waals surface area contributed by atoms with E-state index in [-0.39, 0.29) is 5.56 Å². The molecule has 0 fully saturated rings. The second-order valence-electron chi connectivity index (χ2n) is 10.1. The van der Waals surface area contributed by atoms with E-state index < -0.39 is 0 Å². The normalized spacial score (nSPS) is 13.5. The van der Waals surface area contributed by atoms with Gasteiger partial charge in [-0.15, -0.1) is 0 Å². The standard InChI is InChI=1S/C30H32N6O/c1-21-28-29(34-33-21)26-17-24-5-2-3-6-25(24)18-27(26)36(30(28)37)16-4-15-35(19-22-7-11-31-12-8-22)20-23-9-13-32-14-10-23/h7-14,17-18H,2-6,15-16,19-20H2,1H3,(H,33,34). The molecule has 0 saturated carbocycles. The summed E-state index contributed by atoms with van der Waals surface area (Å²) in [6.45, 7) is 5.13. The fourth-order valence-corrected chi connectivity index (χ4v) is 5.70. The first kappa shape index (κ1) is 23.6. The molecular formula is C30H32N6O. The van der Waals surface area contributed by atoms with Crippen LogP contribution in [0.4, 0.5) is 0 Å². The van der Waals surface area contributed by atoms with Crippen molar-refractivity contribution in [3.63, 3.8) is 0 Å². The summed E-state index contributed by atoms with van der Waals surface area (Å²) in [5.74, 6) is 0. The van der Waals surface area contributed by atoms with E-state index in [4.69, 9.17) is 0 Å². The van der Waals surface area contributed by atoms with Gasteiger partial charge >= 0.3 is 0 Å². The molecule has 6 rings (SSSR count). The molecule has 0 atom stereocenters. The Morgan fingerprint density at radius 2 is 1.54 bits per heavy atom. The van der Waals surface area contributed by atoms with Gasteiger partial charge in [0, 0.05) is 62.0 Å². The number of aryl methyl sites for hydroxylation is 4. The van der Waals surface area contributed by atoms with Crippen molar-refractivity contribution in [1.29, 1.82) is 0 Å². The van der Waals surface area contributed by atoms with Gasteiger partial charge in [0.2, 0.25) is 0 Å². The van der Waals surface area contributed by atoms with Gasteiger partial charge in [-0.05, 0) is 97.7 Å². The van der Waals surface area contributed by atoms with E-state index in [1.54, 1.807) is 0 Å². The summed E-state index contributed by atoms with van der Waals surface area (Å²) in [5, 5.41) is 9.41. The van der Waals surface area contributed by atoms with Gasteiger partial charge in [-0.1, -0.05) is 0 Å². The van der Waals surface area contributed by atoms with Crippen LogP contribution in [0.3, 0.4) is 0 Å². The number of nitrogens with zero attached hydrogens (tertiary/aromatic N) is 5. The Morgan fingerprint density at radius 3 is 2.19 bits per heavy atom. The van der Waals surface area contributed by atoms with Gasteiger partial charge in [0.25, 0.3) is 5.56 Å². The number of nitrogens with one attached hydrogen (secondary N) is 1. The van der Waals surface area contributed by atoms with Crippen molar-refractivity contribution >= 4 is 21.8 Å². The molecule has 0 saturated heterocycles. The minimum Gasteiger partial charge on any atom is -0.307 e. The Bertz CT molecular complexity index is 1550. The monoisotopic (exact) mass is 492 g/mol. The third-order valence-corrected chi connectivity index (χ3v) is 7.58. The Hall–Kier alpha value is -3.84. The van der Waals surface area contributed by atoms with Crippen LogP contribution >= 0.6 is 0 Å². The lowest BCUT2D eigenvalue weighted by Crippen LogP contribution is -2.27. The molecule has 7 heteroatoms. The summed E-state index contributed by atoms with van der Waals surface area (Å²) in [5.41, 5.74) is 7.97. The van der Waals surface area contributed by atoms with Crippen molar-refractivity contribution in [1.82, 2.24) is 29.6 Å². The molecule has 188 valence electrons. The van der Waals surface area contributed by atoms with Crippen molar-refractivity contribution in [2.45, 2.75) is 58.7 Å². The Kier molecular flexibility index (Phi) is 6.53. The summed E-state index contributed by atoms with van der Waals surface area (Å²) in [7, 11) is 0. The Balaban J connectivity index is 1.31. The van der Waals surface area contributed by atoms with Crippen molar-refractivity contribution in [2.75, 3.05) is 6.54 Å². The van der Waals surface area contributed by atoms with E-state index in [0.29, 0.717) is 11.9 Å². The molecule has 0 spiro atoms. The van der Waals surface area contributed by atoms with E-state index in [0.717, 1.165) is 61.0 Å². The lowest BCUT2D eigenvalue weighted by atomic mass is 9.90. The Labute approximate surface area is 216 Å². The maximum atomic E-state index is 13.7. The van der Waals surface area contributed by atoms with Gasteiger partial charge < -0.3 is 4.57 Å². The molecule has 1 N–H and O–H groups in total. The third kappa shape index (κ3) is 4.79. The molecule has 37 heavy (non-hydrogen) atoms. The maximum absolute atomic E-state index is 13.7. The lowest BCUT2D eigenvalue weighted by molar-refractivity contribution is 0.248. The van der Waals surface area contributed by atoms with Crippen molar-refractivity contribution < 1.29 is 0 Å². The van der Waals surface area contributed by atoms with E-state index in [9.17, 15) is 4.79 Å². The second kappa shape index (κ2) is 10.3. The zero-order chi connectivity index (χ0) is 25.2. The third-order valence-electron chi connectivity index (χ3n) is 7.58. The molecule has 0 radical (unpaired) electrons. The molecule has 1 aliphatic rings. The zero-order valence-corrected chi connectivity index (χ0v) is 21.3. The number of aromatic nitrogens is 5. The lowest BCUT2D eigenvalue weighted by Gasteiger charge is -2.23. The first-order chi connectivity index (χ1) is 18.2. The molecule has 0 aliphatic heterocycles. The topological polar surface area (TPSA) is 79.7 Å². The minimum atomic E-state index is 0.0549. The largest absolute Gasteiger partial charge is 0.307 e. The van der Waals surface area contributed by atoms with Crippen LogP contribution in [0.15, 0.2) is 66.0 Å². The van der Waals surface area contributed by atoms with Crippen LogP contribution in [0.2, 0.25) is 0 Å². The predicted octanol–water partition coefficient (Wildman–Crippen LogP) is 4.95. The van der Waals surface area contributed by atoms with Crippen LogP contribution in [-0.4, -0.2) is 36.2 Å². The molecule has 1 aliphatic carbocycles. The molecule has 1 aromatic carbocycles. The van der Waals surface area contributed by atoms with Crippen LogP contribution in [0, 0.1) is 6.92 Å². The first-order valence-electron chi connectivity index (χ1n) is 13.2. The number of hydrogen-bond donors (Lipinski definition) is 1. The molecule has 0 unspecified atom stereocenters. The average Bonchev–Trinajstić information content (AvgIpc) is 3.32. The van der Waals surface area contributed by atoms with Crippen LogP contribution in [0.1, 0.15) is 47.2 Å². The SMILES string of the molecule is Cc1[nH]nc2c1c(=O)n(CCCN(Cc1ccncc1)Cc1ccncc1)c1cc3c(cc21)CCCC3. The summed E-state index contributed by atoms with van der Waals surface area (Å²) in [4.78, 5) is 24.5. The van der Waals surface area contributed by atoms with E-state index in [1.807, 2.05) is 36.3 Å². The number of benzene rings is 1. The molecule has 4 aromatic heterocycles.